The van der Waals surface area contributed by atoms with Gasteiger partial charge in [0.15, 0.2) is 0 Å². The molecule has 0 unspecified atom stereocenters. The van der Waals surface area contributed by atoms with E-state index in [-0.39, 0.29) is 0 Å². The molecule has 0 spiro atoms. The van der Waals surface area contributed by atoms with E-state index in [0.29, 0.717) is 5.41 Å². The van der Waals surface area contributed by atoms with E-state index in [1.54, 1.807) is 0 Å². The van der Waals surface area contributed by atoms with E-state index < -0.39 is 0 Å². The zero-order valence-corrected chi connectivity index (χ0v) is 13.8. The van der Waals surface area contributed by atoms with Gasteiger partial charge in [-0.2, -0.15) is 0 Å². The van der Waals surface area contributed by atoms with Gasteiger partial charge in [-0.05, 0) is 50.7 Å². The van der Waals surface area contributed by atoms with Crippen molar-refractivity contribution in [1.82, 2.24) is 10.2 Å². The van der Waals surface area contributed by atoms with E-state index in [9.17, 15) is 0 Å². The molecule has 19 heavy (non-hydrogen) atoms. The highest BCUT2D eigenvalue weighted by atomic mass is 15.1. The van der Waals surface area contributed by atoms with Gasteiger partial charge in [0.25, 0.3) is 0 Å². The van der Waals surface area contributed by atoms with E-state index in [1.807, 2.05) is 0 Å². The van der Waals surface area contributed by atoms with Crippen molar-refractivity contribution in [2.45, 2.75) is 65.7 Å². The van der Waals surface area contributed by atoms with E-state index in [2.05, 4.69) is 38.0 Å². The summed E-state index contributed by atoms with van der Waals surface area (Å²) < 4.78 is 0. The van der Waals surface area contributed by atoms with Crippen LogP contribution in [0.1, 0.15) is 65.7 Å². The predicted molar refractivity (Wildman–Crippen MR) is 85.6 cm³/mol. The summed E-state index contributed by atoms with van der Waals surface area (Å²) in [5, 5.41) is 3.74. The van der Waals surface area contributed by atoms with Gasteiger partial charge in [-0.3, -0.25) is 0 Å². The molecule has 0 radical (unpaired) electrons. The second-order valence-corrected chi connectivity index (χ2v) is 7.18. The molecule has 0 heterocycles. The highest BCUT2D eigenvalue weighted by molar-refractivity contribution is 4.86. The molecule has 1 saturated carbocycles. The summed E-state index contributed by atoms with van der Waals surface area (Å²) in [5.41, 5.74) is 0.537. The average Bonchev–Trinajstić information content (AvgIpc) is 2.55. The maximum atomic E-state index is 3.74. The lowest BCUT2D eigenvalue weighted by Gasteiger charge is -2.37. The first-order chi connectivity index (χ1) is 9.08. The van der Waals surface area contributed by atoms with Crippen molar-refractivity contribution in [1.29, 1.82) is 0 Å². The number of nitrogens with zero attached hydrogens (tertiary/aromatic N) is 1. The van der Waals surface area contributed by atoms with Gasteiger partial charge >= 0.3 is 0 Å². The molecule has 1 fully saturated rings. The van der Waals surface area contributed by atoms with Crippen molar-refractivity contribution in [2.75, 3.05) is 33.2 Å². The van der Waals surface area contributed by atoms with Crippen LogP contribution in [-0.2, 0) is 0 Å². The van der Waals surface area contributed by atoms with Gasteiger partial charge < -0.3 is 10.2 Å². The fourth-order valence-electron chi connectivity index (χ4n) is 3.53. The largest absolute Gasteiger partial charge is 0.316 e. The summed E-state index contributed by atoms with van der Waals surface area (Å²) in [4.78, 5) is 2.56. The van der Waals surface area contributed by atoms with Gasteiger partial charge in [-0.1, -0.05) is 46.5 Å². The molecule has 0 aromatic heterocycles. The quantitative estimate of drug-likeness (QED) is 0.671. The summed E-state index contributed by atoms with van der Waals surface area (Å²) in [6, 6.07) is 0. The van der Waals surface area contributed by atoms with Gasteiger partial charge in [0.05, 0.1) is 0 Å². The molecule has 2 heteroatoms. The molecule has 0 aromatic carbocycles. The zero-order valence-electron chi connectivity index (χ0n) is 13.8. The fraction of sp³-hybridized carbons (Fsp3) is 1.00. The van der Waals surface area contributed by atoms with Crippen molar-refractivity contribution in [3.05, 3.63) is 0 Å². The van der Waals surface area contributed by atoms with E-state index in [1.165, 1.54) is 71.1 Å². The van der Waals surface area contributed by atoms with Crippen LogP contribution in [0.15, 0.2) is 0 Å². The SMILES string of the molecule is CCCN(C)CC1(CNCC(C)C)CCCCCC1. The minimum absolute atomic E-state index is 0.537. The maximum absolute atomic E-state index is 3.74. The second-order valence-electron chi connectivity index (χ2n) is 7.18. The monoisotopic (exact) mass is 268 g/mol. The third-order valence-corrected chi connectivity index (χ3v) is 4.43. The van der Waals surface area contributed by atoms with Crippen LogP contribution in [0.4, 0.5) is 0 Å². The Hall–Kier alpha value is -0.0800. The maximum Gasteiger partial charge on any atom is 0.00471 e. The van der Waals surface area contributed by atoms with Crippen LogP contribution >= 0.6 is 0 Å². The first kappa shape index (κ1) is 17.0. The molecule has 0 atom stereocenters. The lowest BCUT2D eigenvalue weighted by molar-refractivity contribution is 0.145. The van der Waals surface area contributed by atoms with E-state index >= 15 is 0 Å². The summed E-state index contributed by atoms with van der Waals surface area (Å²) in [5.74, 6) is 0.760. The molecule has 1 N–H and O–H groups in total. The summed E-state index contributed by atoms with van der Waals surface area (Å²) in [6.45, 7) is 11.8. The third-order valence-electron chi connectivity index (χ3n) is 4.43. The topological polar surface area (TPSA) is 15.3 Å². The van der Waals surface area contributed by atoms with Crippen LogP contribution in [0.25, 0.3) is 0 Å². The molecular formula is C17H36N2. The van der Waals surface area contributed by atoms with Crippen molar-refractivity contribution in [3.63, 3.8) is 0 Å². The first-order valence-electron chi connectivity index (χ1n) is 8.47. The van der Waals surface area contributed by atoms with Crippen LogP contribution in [-0.4, -0.2) is 38.1 Å². The summed E-state index contributed by atoms with van der Waals surface area (Å²) in [6.07, 6.45) is 9.88. The number of nitrogens with one attached hydrogen (secondary N) is 1. The molecule has 1 aliphatic carbocycles. The molecule has 2 nitrogen and oxygen atoms in total. The Balaban J connectivity index is 2.54. The van der Waals surface area contributed by atoms with E-state index in [0.717, 1.165) is 5.92 Å². The van der Waals surface area contributed by atoms with Crippen molar-refractivity contribution >= 4 is 0 Å². The van der Waals surface area contributed by atoms with Crippen LogP contribution < -0.4 is 5.32 Å². The minimum atomic E-state index is 0.537. The summed E-state index contributed by atoms with van der Waals surface area (Å²) in [7, 11) is 2.30. The number of hydrogen-bond donors (Lipinski definition) is 1. The van der Waals surface area contributed by atoms with Crippen LogP contribution in [0.3, 0.4) is 0 Å². The van der Waals surface area contributed by atoms with Crippen molar-refractivity contribution in [3.8, 4) is 0 Å². The Morgan fingerprint density at radius 1 is 1.11 bits per heavy atom. The van der Waals surface area contributed by atoms with Crippen LogP contribution in [0.2, 0.25) is 0 Å². The third kappa shape index (κ3) is 6.76. The first-order valence-corrected chi connectivity index (χ1v) is 8.47. The number of hydrogen-bond acceptors (Lipinski definition) is 2. The standard InChI is InChI=1S/C17H36N2/c1-5-12-19(4)15-17(14-18-13-16(2)3)10-8-6-7-9-11-17/h16,18H,5-15H2,1-4H3. The second kappa shape index (κ2) is 8.97. The molecule has 114 valence electrons. The molecule has 1 aliphatic rings. The van der Waals surface area contributed by atoms with Crippen LogP contribution in [0.5, 0.6) is 0 Å². The average molecular weight is 268 g/mol. The van der Waals surface area contributed by atoms with Crippen molar-refractivity contribution in [2.24, 2.45) is 11.3 Å². The van der Waals surface area contributed by atoms with Gasteiger partial charge in [-0.15, -0.1) is 0 Å². The van der Waals surface area contributed by atoms with Gasteiger partial charge in [0, 0.05) is 13.1 Å². The lowest BCUT2D eigenvalue weighted by Crippen LogP contribution is -2.43. The van der Waals surface area contributed by atoms with Gasteiger partial charge in [0.2, 0.25) is 0 Å². The molecule has 0 aliphatic heterocycles. The molecule has 0 bridgehead atoms. The van der Waals surface area contributed by atoms with Gasteiger partial charge in [0.1, 0.15) is 0 Å². The minimum Gasteiger partial charge on any atom is -0.316 e. The smallest absolute Gasteiger partial charge is 0.00471 e. The zero-order chi connectivity index (χ0) is 14.1. The summed E-state index contributed by atoms with van der Waals surface area (Å²) >= 11 is 0. The molecule has 0 amide bonds. The Kier molecular flexibility index (Phi) is 8.01. The predicted octanol–water partition coefficient (Wildman–Crippen LogP) is 3.91. The normalized spacial score (nSPS) is 19.9. The number of rotatable bonds is 8. The fourth-order valence-corrected chi connectivity index (χ4v) is 3.53. The van der Waals surface area contributed by atoms with Crippen LogP contribution in [0, 0.1) is 11.3 Å². The Bertz CT molecular complexity index is 217. The Morgan fingerprint density at radius 2 is 1.74 bits per heavy atom. The van der Waals surface area contributed by atoms with Gasteiger partial charge in [-0.25, -0.2) is 0 Å². The Labute approximate surface area is 121 Å². The highest BCUT2D eigenvalue weighted by Crippen LogP contribution is 2.35. The van der Waals surface area contributed by atoms with Crippen molar-refractivity contribution < 1.29 is 0 Å². The molecule has 1 rings (SSSR count). The molecular weight excluding hydrogens is 232 g/mol. The molecule has 0 aromatic rings. The highest BCUT2D eigenvalue weighted by Gasteiger charge is 2.31. The Morgan fingerprint density at radius 3 is 2.26 bits per heavy atom. The molecule has 0 saturated heterocycles. The van der Waals surface area contributed by atoms with E-state index in [4.69, 9.17) is 0 Å². The lowest BCUT2D eigenvalue weighted by atomic mass is 9.79.